The normalized spacial score (nSPS) is 10.5. The zero-order valence-electron chi connectivity index (χ0n) is 12.6. The van der Waals surface area contributed by atoms with E-state index in [1.54, 1.807) is 0 Å². The summed E-state index contributed by atoms with van der Waals surface area (Å²) in [4.78, 5) is 22.5. The summed E-state index contributed by atoms with van der Waals surface area (Å²) in [6.07, 6.45) is 2.07. The van der Waals surface area contributed by atoms with Gasteiger partial charge in [0.25, 0.3) is 0 Å². The van der Waals surface area contributed by atoms with Gasteiger partial charge in [-0.3, -0.25) is 0 Å². The Labute approximate surface area is 128 Å². The second-order valence-corrected chi connectivity index (χ2v) is 4.83. The summed E-state index contributed by atoms with van der Waals surface area (Å²) in [5, 5.41) is 17.0. The van der Waals surface area contributed by atoms with Crippen LogP contribution in [-0.2, 0) is 16.0 Å². The van der Waals surface area contributed by atoms with Crippen LogP contribution >= 0.6 is 0 Å². The van der Waals surface area contributed by atoms with E-state index in [1.165, 1.54) is 27.7 Å². The van der Waals surface area contributed by atoms with Gasteiger partial charge < -0.3 is 20.9 Å². The number of nitrogens with two attached hydrogens (primary N) is 1. The van der Waals surface area contributed by atoms with Gasteiger partial charge in [-0.1, -0.05) is 11.6 Å². The van der Waals surface area contributed by atoms with Gasteiger partial charge in [0.1, 0.15) is 0 Å². The number of aromatic nitrogens is 1. The third-order valence-corrected chi connectivity index (χ3v) is 3.04. The molecule has 0 bridgehead atoms. The highest BCUT2D eigenvalue weighted by Gasteiger charge is 2.06. The number of hydrogen-bond acceptors (Lipinski definition) is 3. The van der Waals surface area contributed by atoms with Crippen LogP contribution in [-0.4, -0.2) is 33.7 Å². The molecule has 5 N–H and O–H groups in total. The highest BCUT2D eigenvalue weighted by Crippen LogP contribution is 2.23. The molecule has 2 rings (SSSR count). The van der Waals surface area contributed by atoms with Crippen molar-refractivity contribution in [3.63, 3.8) is 0 Å². The van der Waals surface area contributed by atoms with Crippen molar-refractivity contribution in [2.75, 3.05) is 6.54 Å². The Hall–Kier alpha value is -2.60. The molecule has 2 aromatic rings. The molecule has 1 heterocycles. The van der Waals surface area contributed by atoms with Crippen LogP contribution in [0.15, 0.2) is 30.4 Å². The van der Waals surface area contributed by atoms with Crippen molar-refractivity contribution in [1.82, 2.24) is 4.98 Å². The maximum Gasteiger partial charge on any atom is 0.328 e. The van der Waals surface area contributed by atoms with Crippen LogP contribution in [0.25, 0.3) is 10.9 Å². The molecular weight excluding hydrogens is 284 g/mol. The summed E-state index contributed by atoms with van der Waals surface area (Å²) >= 11 is 0. The summed E-state index contributed by atoms with van der Waals surface area (Å²) in [7, 11) is 0. The number of fused-ring (bicyclic) bond motifs is 1. The first-order chi connectivity index (χ1) is 10.3. The Balaban J connectivity index is 0.000000261. The Bertz CT molecular complexity index is 685. The van der Waals surface area contributed by atoms with Gasteiger partial charge in [-0.25, -0.2) is 9.59 Å². The number of H-pyrrole nitrogens is 1. The lowest BCUT2D eigenvalue weighted by Gasteiger charge is -1.98. The SMILES string of the molecule is Cc1ccc2[nH]c(C)c(CCN)c2c1.O=C(O)/C=C/C(=O)O. The molecule has 0 atom stereocenters. The molecule has 0 fully saturated rings. The highest BCUT2D eigenvalue weighted by molar-refractivity contribution is 5.89. The monoisotopic (exact) mass is 304 g/mol. The topological polar surface area (TPSA) is 116 Å². The number of nitrogens with one attached hydrogen (secondary N) is 1. The van der Waals surface area contributed by atoms with Crippen molar-refractivity contribution in [3.05, 3.63) is 47.2 Å². The molecule has 0 aliphatic rings. The molecule has 0 radical (unpaired) electrons. The molecular formula is C16H20N2O4. The maximum absolute atomic E-state index is 9.55. The summed E-state index contributed by atoms with van der Waals surface area (Å²) in [5.41, 5.74) is 10.7. The predicted octanol–water partition coefficient (Wildman–Crippen LogP) is 2.00. The quantitative estimate of drug-likeness (QED) is 0.645. The number of carbonyl (C=O) groups is 2. The largest absolute Gasteiger partial charge is 0.478 e. The van der Waals surface area contributed by atoms with Gasteiger partial charge in [0.15, 0.2) is 0 Å². The third-order valence-electron chi connectivity index (χ3n) is 3.04. The van der Waals surface area contributed by atoms with E-state index in [9.17, 15) is 9.59 Å². The van der Waals surface area contributed by atoms with E-state index in [0.717, 1.165) is 6.42 Å². The van der Waals surface area contributed by atoms with Gasteiger partial charge in [0.05, 0.1) is 0 Å². The molecule has 0 aliphatic carbocycles. The zero-order valence-corrected chi connectivity index (χ0v) is 12.6. The average Bonchev–Trinajstić information content (AvgIpc) is 2.74. The number of aromatic amines is 1. The molecule has 1 aromatic carbocycles. The molecule has 118 valence electrons. The summed E-state index contributed by atoms with van der Waals surface area (Å²) in [5.74, 6) is -2.51. The van der Waals surface area contributed by atoms with Gasteiger partial charge in [-0.05, 0) is 44.5 Å². The fraction of sp³-hybridized carbons (Fsp3) is 0.250. The van der Waals surface area contributed by atoms with E-state index in [1.807, 2.05) is 0 Å². The number of benzene rings is 1. The molecule has 6 nitrogen and oxygen atoms in total. The number of hydrogen-bond donors (Lipinski definition) is 4. The number of carboxylic acid groups (broad SMARTS) is 2. The standard InChI is InChI=1S/C12H16N2.C4H4O4/c1-8-3-4-12-11(7-8)10(5-6-13)9(2)14-12;5-3(6)1-2-4(7)8/h3-4,7,14H,5-6,13H2,1-2H3;1-2H,(H,5,6)(H,7,8)/b;2-1+. The van der Waals surface area contributed by atoms with Gasteiger partial charge >= 0.3 is 11.9 Å². The van der Waals surface area contributed by atoms with Crippen LogP contribution in [0.3, 0.4) is 0 Å². The van der Waals surface area contributed by atoms with Crippen molar-refractivity contribution < 1.29 is 19.8 Å². The number of aliphatic carboxylic acids is 2. The average molecular weight is 304 g/mol. The molecule has 0 saturated carbocycles. The van der Waals surface area contributed by atoms with E-state index in [4.69, 9.17) is 15.9 Å². The third kappa shape index (κ3) is 5.06. The molecule has 22 heavy (non-hydrogen) atoms. The lowest BCUT2D eigenvalue weighted by atomic mass is 10.1. The minimum absolute atomic E-state index is 0.558. The van der Waals surface area contributed by atoms with Crippen LogP contribution in [0, 0.1) is 13.8 Å². The van der Waals surface area contributed by atoms with Crippen LogP contribution in [0.5, 0.6) is 0 Å². The maximum atomic E-state index is 9.55. The Morgan fingerprint density at radius 1 is 1.18 bits per heavy atom. The fourth-order valence-electron chi connectivity index (χ4n) is 2.11. The van der Waals surface area contributed by atoms with E-state index in [0.29, 0.717) is 18.7 Å². The molecule has 6 heteroatoms. The van der Waals surface area contributed by atoms with Gasteiger partial charge in [-0.15, -0.1) is 0 Å². The summed E-state index contributed by atoms with van der Waals surface area (Å²) in [6, 6.07) is 6.49. The summed E-state index contributed by atoms with van der Waals surface area (Å²) in [6.45, 7) is 4.94. The van der Waals surface area contributed by atoms with E-state index in [-0.39, 0.29) is 0 Å². The van der Waals surface area contributed by atoms with Crippen LogP contribution in [0.4, 0.5) is 0 Å². The first-order valence-corrected chi connectivity index (χ1v) is 6.77. The molecule has 0 aliphatic heterocycles. The molecule has 1 aromatic heterocycles. The number of carboxylic acids is 2. The zero-order chi connectivity index (χ0) is 16.7. The second-order valence-electron chi connectivity index (χ2n) is 4.83. The van der Waals surface area contributed by atoms with Crippen molar-refractivity contribution in [1.29, 1.82) is 0 Å². The Morgan fingerprint density at radius 2 is 1.77 bits per heavy atom. The molecule has 0 amide bonds. The lowest BCUT2D eigenvalue weighted by Crippen LogP contribution is -2.03. The number of aryl methyl sites for hydroxylation is 2. The van der Waals surface area contributed by atoms with E-state index >= 15 is 0 Å². The molecule has 0 saturated heterocycles. The number of rotatable bonds is 4. The van der Waals surface area contributed by atoms with E-state index in [2.05, 4.69) is 37.0 Å². The first kappa shape index (κ1) is 17.5. The first-order valence-electron chi connectivity index (χ1n) is 6.77. The Morgan fingerprint density at radius 3 is 2.27 bits per heavy atom. The lowest BCUT2D eigenvalue weighted by molar-refractivity contribution is -0.134. The fourth-order valence-corrected chi connectivity index (χ4v) is 2.11. The van der Waals surface area contributed by atoms with Crippen molar-refractivity contribution in [2.45, 2.75) is 20.3 Å². The van der Waals surface area contributed by atoms with Gasteiger partial charge in [0, 0.05) is 28.7 Å². The molecule has 0 spiro atoms. The van der Waals surface area contributed by atoms with Crippen LogP contribution in [0.2, 0.25) is 0 Å². The van der Waals surface area contributed by atoms with Crippen LogP contribution < -0.4 is 5.73 Å². The smallest absolute Gasteiger partial charge is 0.328 e. The van der Waals surface area contributed by atoms with Crippen LogP contribution in [0.1, 0.15) is 16.8 Å². The minimum atomic E-state index is -1.26. The van der Waals surface area contributed by atoms with Gasteiger partial charge in [0.2, 0.25) is 0 Å². The van der Waals surface area contributed by atoms with E-state index < -0.39 is 11.9 Å². The minimum Gasteiger partial charge on any atom is -0.478 e. The Kier molecular flexibility index (Phi) is 6.34. The summed E-state index contributed by atoms with van der Waals surface area (Å²) < 4.78 is 0. The van der Waals surface area contributed by atoms with Gasteiger partial charge in [-0.2, -0.15) is 0 Å². The second kappa shape index (κ2) is 7.99. The van der Waals surface area contributed by atoms with Crippen molar-refractivity contribution >= 4 is 22.8 Å². The molecule has 0 unspecified atom stereocenters. The van der Waals surface area contributed by atoms with Crippen molar-refractivity contribution in [3.8, 4) is 0 Å². The highest BCUT2D eigenvalue weighted by atomic mass is 16.4. The predicted molar refractivity (Wildman–Crippen MR) is 84.9 cm³/mol. The van der Waals surface area contributed by atoms with Crippen molar-refractivity contribution in [2.24, 2.45) is 5.73 Å².